The van der Waals surface area contributed by atoms with Gasteiger partial charge in [0.05, 0.1) is 29.3 Å². The van der Waals surface area contributed by atoms with Gasteiger partial charge in [-0.15, -0.1) is 11.3 Å². The molecule has 1 spiro atoms. The molecule has 1 aliphatic heterocycles. The predicted octanol–water partition coefficient (Wildman–Crippen LogP) is 16.7. The van der Waals surface area contributed by atoms with Crippen molar-refractivity contribution >= 4 is 70.1 Å². The van der Waals surface area contributed by atoms with Gasteiger partial charge in [-0.2, -0.15) is 0 Å². The number of thiophene rings is 1. The van der Waals surface area contributed by atoms with Crippen LogP contribution in [0.25, 0.3) is 86.6 Å². The molecule has 0 fully saturated rings. The number of anilines is 3. The first-order valence-electron chi connectivity index (χ1n) is 21.5. The summed E-state index contributed by atoms with van der Waals surface area (Å²) in [6.45, 7) is 0. The van der Waals surface area contributed by atoms with Crippen LogP contribution in [0.2, 0.25) is 0 Å². The number of rotatable bonds is 4. The molecule has 4 heteroatoms. The van der Waals surface area contributed by atoms with Crippen LogP contribution in [0.4, 0.5) is 17.1 Å². The monoisotopic (exact) mass is 821 g/mol. The van der Waals surface area contributed by atoms with E-state index in [1.165, 1.54) is 86.2 Å². The molecule has 294 valence electrons. The Bertz CT molecular complexity index is 3730. The summed E-state index contributed by atoms with van der Waals surface area (Å²) < 4.78 is 15.1. The molecule has 4 heterocycles. The molecule has 0 N–H and O–H groups in total. The summed E-state index contributed by atoms with van der Waals surface area (Å²) >= 11 is 1.88. The lowest BCUT2D eigenvalue weighted by Crippen LogP contribution is -2.36. The number of hydrogen-bond donors (Lipinski definition) is 0. The highest BCUT2D eigenvalue weighted by Crippen LogP contribution is 2.66. The van der Waals surface area contributed by atoms with Gasteiger partial charge in [-0.05, 0) is 109 Å². The van der Waals surface area contributed by atoms with E-state index in [4.69, 9.17) is 8.83 Å². The topological polar surface area (TPSA) is 29.5 Å². The fourth-order valence-electron chi connectivity index (χ4n) is 11.2. The van der Waals surface area contributed by atoms with E-state index in [1.807, 2.05) is 23.9 Å². The van der Waals surface area contributed by atoms with E-state index in [0.717, 1.165) is 39.7 Å². The van der Waals surface area contributed by atoms with E-state index in [1.54, 1.807) is 0 Å². The van der Waals surface area contributed by atoms with Crippen molar-refractivity contribution < 1.29 is 8.83 Å². The standard InChI is InChI=1S/C59H35NO2S/c1-2-14-36(15-3-1)37-16-12-17-38(34-37)53-42-21-4-6-23-44(42)54(45-24-7-5-22-43(45)53)39-18-13-19-40(35-39)60-50-26-10-9-25-47(50)59(48-30-32-61-56(48)57-49(59)31-33-62-57)55-51(60)29-28-46-41-20-8-11-27-52(41)63-58(46)55/h1-35H. The fourth-order valence-corrected chi connectivity index (χ4v) is 12.5. The Labute approximate surface area is 367 Å². The average Bonchev–Trinajstić information content (AvgIpc) is 4.15. The van der Waals surface area contributed by atoms with E-state index >= 15 is 0 Å². The molecule has 9 aromatic carbocycles. The van der Waals surface area contributed by atoms with Gasteiger partial charge in [-0.3, -0.25) is 0 Å². The van der Waals surface area contributed by atoms with E-state index in [9.17, 15) is 0 Å². The van der Waals surface area contributed by atoms with Crippen LogP contribution in [-0.4, -0.2) is 0 Å². The molecular formula is C59H35NO2S. The van der Waals surface area contributed by atoms with E-state index < -0.39 is 5.41 Å². The summed E-state index contributed by atoms with van der Waals surface area (Å²) in [5.74, 6) is 1.61. The predicted molar refractivity (Wildman–Crippen MR) is 261 cm³/mol. The molecule has 0 saturated heterocycles. The van der Waals surface area contributed by atoms with Crippen LogP contribution in [0.15, 0.2) is 222 Å². The Hall–Kier alpha value is -7.92. The Morgan fingerprint density at radius 2 is 0.937 bits per heavy atom. The maximum absolute atomic E-state index is 6.29. The molecule has 3 nitrogen and oxygen atoms in total. The van der Waals surface area contributed by atoms with Gasteiger partial charge in [0.2, 0.25) is 0 Å². The van der Waals surface area contributed by atoms with E-state index in [0.29, 0.717) is 0 Å². The van der Waals surface area contributed by atoms with Crippen molar-refractivity contribution in [2.45, 2.75) is 5.41 Å². The van der Waals surface area contributed by atoms with Gasteiger partial charge in [0.15, 0.2) is 11.5 Å². The van der Waals surface area contributed by atoms with Crippen molar-refractivity contribution in [3.63, 3.8) is 0 Å². The minimum atomic E-state index is -0.648. The van der Waals surface area contributed by atoms with Gasteiger partial charge in [0.1, 0.15) is 0 Å². The van der Waals surface area contributed by atoms with Crippen LogP contribution >= 0.6 is 11.3 Å². The molecule has 0 amide bonds. The molecule has 12 aromatic rings. The average molecular weight is 822 g/mol. The Kier molecular flexibility index (Phi) is 7.20. The zero-order valence-electron chi connectivity index (χ0n) is 33.9. The molecule has 63 heavy (non-hydrogen) atoms. The maximum atomic E-state index is 6.29. The number of benzene rings is 9. The van der Waals surface area contributed by atoms with Gasteiger partial charge in [-0.25, -0.2) is 0 Å². The number of para-hydroxylation sites is 1. The molecule has 0 atom stereocenters. The molecular weight excluding hydrogens is 787 g/mol. The van der Waals surface area contributed by atoms with Gasteiger partial charge in [-0.1, -0.05) is 152 Å². The van der Waals surface area contributed by atoms with Crippen molar-refractivity contribution in [3.05, 3.63) is 235 Å². The first-order valence-corrected chi connectivity index (χ1v) is 22.3. The van der Waals surface area contributed by atoms with Gasteiger partial charge < -0.3 is 13.7 Å². The van der Waals surface area contributed by atoms with Crippen molar-refractivity contribution in [2.24, 2.45) is 0 Å². The molecule has 3 aromatic heterocycles. The van der Waals surface area contributed by atoms with E-state index in [-0.39, 0.29) is 0 Å². The zero-order valence-corrected chi connectivity index (χ0v) is 34.7. The van der Waals surface area contributed by atoms with Gasteiger partial charge in [0.25, 0.3) is 0 Å². The highest BCUT2D eigenvalue weighted by Gasteiger charge is 2.55. The third kappa shape index (κ3) is 4.68. The molecule has 2 aliphatic rings. The Balaban J connectivity index is 1.03. The number of nitrogens with zero attached hydrogens (tertiary/aromatic N) is 1. The molecule has 0 unspecified atom stereocenters. The second-order valence-corrected chi connectivity index (χ2v) is 17.8. The van der Waals surface area contributed by atoms with E-state index in [2.05, 4.69) is 205 Å². The summed E-state index contributed by atoms with van der Waals surface area (Å²) in [5, 5.41) is 7.45. The molecule has 0 bridgehead atoms. The molecule has 1 aliphatic carbocycles. The van der Waals surface area contributed by atoms with Crippen LogP contribution in [0.1, 0.15) is 22.3 Å². The van der Waals surface area contributed by atoms with Crippen LogP contribution in [0.5, 0.6) is 0 Å². The van der Waals surface area contributed by atoms with Crippen LogP contribution in [0, 0.1) is 0 Å². The second kappa shape index (κ2) is 13.0. The lowest BCUT2D eigenvalue weighted by Gasteiger charge is -2.44. The number of furan rings is 2. The molecule has 14 rings (SSSR count). The van der Waals surface area contributed by atoms with Crippen molar-refractivity contribution in [2.75, 3.05) is 4.90 Å². The van der Waals surface area contributed by atoms with Crippen molar-refractivity contribution in [1.82, 2.24) is 0 Å². The van der Waals surface area contributed by atoms with Crippen molar-refractivity contribution in [1.29, 1.82) is 0 Å². The van der Waals surface area contributed by atoms with Crippen LogP contribution < -0.4 is 4.90 Å². The highest BCUT2D eigenvalue weighted by atomic mass is 32.1. The third-order valence-corrected chi connectivity index (χ3v) is 14.8. The van der Waals surface area contributed by atoms with Crippen LogP contribution in [0.3, 0.4) is 0 Å². The minimum absolute atomic E-state index is 0.648. The van der Waals surface area contributed by atoms with Gasteiger partial charge in [0, 0.05) is 42.6 Å². The highest BCUT2D eigenvalue weighted by molar-refractivity contribution is 7.26. The summed E-state index contributed by atoms with van der Waals surface area (Å²) in [6.07, 6.45) is 3.64. The van der Waals surface area contributed by atoms with Crippen LogP contribution in [-0.2, 0) is 5.41 Å². The fraction of sp³-hybridized carbons (Fsp3) is 0.0169. The quantitative estimate of drug-likeness (QED) is 0.166. The summed E-state index contributed by atoms with van der Waals surface area (Å²) in [6, 6.07) is 73.5. The molecule has 0 saturated carbocycles. The first kappa shape index (κ1) is 34.8. The first-order chi connectivity index (χ1) is 31.3. The normalized spacial score (nSPS) is 13.5. The second-order valence-electron chi connectivity index (χ2n) is 16.7. The van der Waals surface area contributed by atoms with Gasteiger partial charge >= 0.3 is 0 Å². The zero-order chi connectivity index (χ0) is 41.2. The largest absolute Gasteiger partial charge is 0.461 e. The minimum Gasteiger partial charge on any atom is -0.461 e. The number of hydrogen-bond acceptors (Lipinski definition) is 4. The Morgan fingerprint density at radius 1 is 0.381 bits per heavy atom. The third-order valence-electron chi connectivity index (χ3n) is 13.6. The summed E-state index contributed by atoms with van der Waals surface area (Å²) in [4.78, 5) is 2.49. The smallest absolute Gasteiger partial charge is 0.174 e. The molecule has 0 radical (unpaired) electrons. The lowest BCUT2D eigenvalue weighted by atomic mass is 9.65. The summed E-state index contributed by atoms with van der Waals surface area (Å²) in [7, 11) is 0. The SMILES string of the molecule is c1ccc(-c2cccc(-c3c4ccccc4c(-c4cccc(N5c6ccccc6C6(c7ccoc7-c7occc76)c6c5ccc5c6sc6ccccc65)c4)c4ccccc34)c2)cc1. The number of fused-ring (bicyclic) bond motifs is 15. The Morgan fingerprint density at radius 3 is 1.63 bits per heavy atom. The lowest BCUT2D eigenvalue weighted by molar-refractivity contribution is 0.525. The summed E-state index contributed by atoms with van der Waals surface area (Å²) in [5.41, 5.74) is 14.7. The maximum Gasteiger partial charge on any atom is 0.174 e. The van der Waals surface area contributed by atoms with Crippen molar-refractivity contribution in [3.8, 4) is 44.9 Å².